The minimum Gasteiger partial charge on any atom is -0.348 e. The molecule has 1 aromatic heterocycles. The zero-order chi connectivity index (χ0) is 12.4. The van der Waals surface area contributed by atoms with Crippen LogP contribution >= 0.6 is 11.3 Å². The third-order valence-electron chi connectivity index (χ3n) is 3.53. The molecule has 0 amide bonds. The van der Waals surface area contributed by atoms with E-state index in [1.165, 1.54) is 24.2 Å². The van der Waals surface area contributed by atoms with Gasteiger partial charge in [-0.15, -0.1) is 0 Å². The molecule has 2 rings (SSSR count). The summed E-state index contributed by atoms with van der Waals surface area (Å²) in [5.41, 5.74) is 0.970. The Morgan fingerprint density at radius 2 is 2.29 bits per heavy atom. The van der Waals surface area contributed by atoms with Crippen LogP contribution in [-0.4, -0.2) is 24.4 Å². The summed E-state index contributed by atoms with van der Waals surface area (Å²) in [6.07, 6.45) is 5.54. The Bertz CT molecular complexity index is 398. The average Bonchev–Trinajstić information content (AvgIpc) is 3.10. The predicted molar refractivity (Wildman–Crippen MR) is 72.1 cm³/mol. The first-order valence-corrected chi connectivity index (χ1v) is 7.16. The maximum atomic E-state index is 11.0. The van der Waals surface area contributed by atoms with Gasteiger partial charge in [0.05, 0.1) is 10.6 Å². The molecule has 1 unspecified atom stereocenters. The molecule has 4 heteroatoms. The molecule has 0 spiro atoms. The van der Waals surface area contributed by atoms with Gasteiger partial charge in [-0.1, -0.05) is 24.7 Å². The van der Waals surface area contributed by atoms with Crippen LogP contribution in [0.3, 0.4) is 0 Å². The average molecular weight is 252 g/mol. The number of aldehydes is 1. The van der Waals surface area contributed by atoms with Gasteiger partial charge in [0.25, 0.3) is 0 Å². The van der Waals surface area contributed by atoms with Crippen molar-refractivity contribution in [1.82, 2.24) is 4.98 Å². The van der Waals surface area contributed by atoms with E-state index in [-0.39, 0.29) is 0 Å². The van der Waals surface area contributed by atoms with Crippen LogP contribution in [0.25, 0.3) is 0 Å². The van der Waals surface area contributed by atoms with Gasteiger partial charge in [-0.2, -0.15) is 0 Å². The van der Waals surface area contributed by atoms with Crippen LogP contribution in [0.2, 0.25) is 0 Å². The van der Waals surface area contributed by atoms with E-state index in [1.54, 1.807) is 0 Å². The molecular formula is C13H20N2OS. The normalized spacial score (nSPS) is 16.9. The van der Waals surface area contributed by atoms with Crippen molar-refractivity contribution < 1.29 is 4.79 Å². The van der Waals surface area contributed by atoms with E-state index in [9.17, 15) is 4.79 Å². The molecule has 94 valence electrons. The Balaban J connectivity index is 2.16. The van der Waals surface area contributed by atoms with Gasteiger partial charge in [-0.3, -0.25) is 4.79 Å². The number of hydrogen-bond donors (Lipinski definition) is 0. The van der Waals surface area contributed by atoms with Crippen LogP contribution in [0.15, 0.2) is 0 Å². The summed E-state index contributed by atoms with van der Waals surface area (Å²) in [6.45, 7) is 4.36. The summed E-state index contributed by atoms with van der Waals surface area (Å²) >= 11 is 1.53. The van der Waals surface area contributed by atoms with Gasteiger partial charge in [0, 0.05) is 13.1 Å². The third kappa shape index (κ3) is 2.68. The number of hydrogen-bond acceptors (Lipinski definition) is 4. The van der Waals surface area contributed by atoms with Gasteiger partial charge in [0.2, 0.25) is 0 Å². The van der Waals surface area contributed by atoms with Crippen molar-refractivity contribution in [1.29, 1.82) is 0 Å². The molecule has 0 bridgehead atoms. The molecule has 0 aromatic carbocycles. The molecule has 3 nitrogen and oxygen atoms in total. The Morgan fingerprint density at radius 3 is 2.82 bits per heavy atom. The Morgan fingerprint density at radius 1 is 1.59 bits per heavy atom. The highest BCUT2D eigenvalue weighted by Gasteiger charge is 2.31. The second-order valence-corrected chi connectivity index (χ2v) is 5.87. The number of thiazole rings is 1. The molecular weight excluding hydrogens is 232 g/mol. The summed E-state index contributed by atoms with van der Waals surface area (Å²) in [5.74, 6) is 0.818. The van der Waals surface area contributed by atoms with Gasteiger partial charge in [-0.05, 0) is 32.1 Å². The predicted octanol–water partition coefficient (Wildman–Crippen LogP) is 3.14. The van der Waals surface area contributed by atoms with Gasteiger partial charge in [-0.25, -0.2) is 4.98 Å². The minimum absolute atomic E-state index is 0.537. The fraction of sp³-hybridized carbons (Fsp3) is 0.692. The van der Waals surface area contributed by atoms with Crippen molar-refractivity contribution in [2.45, 2.75) is 45.6 Å². The Hall–Kier alpha value is -0.900. The fourth-order valence-corrected chi connectivity index (χ4v) is 3.05. The maximum absolute atomic E-state index is 11.0. The summed E-state index contributed by atoms with van der Waals surface area (Å²) in [5, 5.41) is 0.995. The van der Waals surface area contributed by atoms with Crippen molar-refractivity contribution in [3.63, 3.8) is 0 Å². The topological polar surface area (TPSA) is 33.2 Å². The van der Waals surface area contributed by atoms with Crippen molar-refractivity contribution in [2.24, 2.45) is 5.92 Å². The molecule has 0 radical (unpaired) electrons. The first-order chi connectivity index (χ1) is 8.17. The molecule has 17 heavy (non-hydrogen) atoms. The van der Waals surface area contributed by atoms with Gasteiger partial charge in [0.15, 0.2) is 11.4 Å². The molecule has 0 aliphatic heterocycles. The lowest BCUT2D eigenvalue weighted by Crippen LogP contribution is -2.30. The largest absolute Gasteiger partial charge is 0.348 e. The highest BCUT2D eigenvalue weighted by Crippen LogP contribution is 2.37. The molecule has 0 N–H and O–H groups in total. The maximum Gasteiger partial charge on any atom is 0.186 e. The van der Waals surface area contributed by atoms with Gasteiger partial charge in [0.1, 0.15) is 0 Å². The van der Waals surface area contributed by atoms with Crippen molar-refractivity contribution in [3.05, 3.63) is 10.6 Å². The second-order valence-electron chi connectivity index (χ2n) is 4.86. The van der Waals surface area contributed by atoms with E-state index >= 15 is 0 Å². The zero-order valence-corrected chi connectivity index (χ0v) is 11.6. The highest BCUT2D eigenvalue weighted by molar-refractivity contribution is 7.17. The molecule has 1 saturated carbocycles. The number of carbonyl (C=O) groups excluding carboxylic acids is 1. The van der Waals surface area contributed by atoms with Crippen LogP contribution in [0.4, 0.5) is 5.13 Å². The molecule has 0 saturated heterocycles. The first-order valence-electron chi connectivity index (χ1n) is 6.35. The summed E-state index contributed by atoms with van der Waals surface area (Å²) in [7, 11) is 2.09. The fourth-order valence-electron chi connectivity index (χ4n) is 2.08. The second kappa shape index (κ2) is 5.17. The molecule has 1 fully saturated rings. The quantitative estimate of drug-likeness (QED) is 0.729. The smallest absolute Gasteiger partial charge is 0.186 e. The lowest BCUT2D eigenvalue weighted by molar-refractivity contribution is 0.112. The molecule has 1 aliphatic rings. The van der Waals surface area contributed by atoms with Gasteiger partial charge >= 0.3 is 0 Å². The van der Waals surface area contributed by atoms with Crippen molar-refractivity contribution in [3.8, 4) is 0 Å². The number of rotatable bonds is 6. The number of nitrogens with zero attached hydrogens (tertiary/aromatic N) is 2. The lowest BCUT2D eigenvalue weighted by Gasteiger charge is -2.23. The standard InChI is InChI=1S/C13H20N2OS/c1-4-5-11-12(8-16)17-13(14-11)15(3)9(2)10-6-7-10/h8-10H,4-7H2,1-3H3. The van der Waals surface area contributed by atoms with E-state index in [1.807, 2.05) is 0 Å². The van der Waals surface area contributed by atoms with E-state index in [4.69, 9.17) is 0 Å². The number of anilines is 1. The van der Waals surface area contributed by atoms with Crippen molar-refractivity contribution in [2.75, 3.05) is 11.9 Å². The van der Waals surface area contributed by atoms with Crippen LogP contribution < -0.4 is 4.90 Å². The number of aromatic nitrogens is 1. The minimum atomic E-state index is 0.537. The molecule has 1 atom stereocenters. The third-order valence-corrected chi connectivity index (χ3v) is 4.64. The van der Waals surface area contributed by atoms with Crippen LogP contribution in [0.5, 0.6) is 0 Å². The van der Waals surface area contributed by atoms with Crippen LogP contribution in [0.1, 0.15) is 48.5 Å². The van der Waals surface area contributed by atoms with E-state index in [2.05, 4.69) is 30.8 Å². The summed E-state index contributed by atoms with van der Waals surface area (Å²) in [4.78, 5) is 18.7. The number of aryl methyl sites for hydroxylation is 1. The van der Waals surface area contributed by atoms with Gasteiger partial charge < -0.3 is 4.90 Å². The first kappa shape index (κ1) is 12.6. The monoisotopic (exact) mass is 252 g/mol. The summed E-state index contributed by atoms with van der Waals surface area (Å²) in [6, 6.07) is 0.537. The SMILES string of the molecule is CCCc1nc(N(C)C(C)C2CC2)sc1C=O. The van der Waals surface area contributed by atoms with Crippen LogP contribution in [-0.2, 0) is 6.42 Å². The molecule has 1 aromatic rings. The Labute approximate surface area is 107 Å². The zero-order valence-electron chi connectivity index (χ0n) is 10.8. The Kier molecular flexibility index (Phi) is 3.82. The van der Waals surface area contributed by atoms with E-state index < -0.39 is 0 Å². The van der Waals surface area contributed by atoms with E-state index in [0.29, 0.717) is 6.04 Å². The van der Waals surface area contributed by atoms with Crippen LogP contribution in [0, 0.1) is 5.92 Å². The number of carbonyl (C=O) groups is 1. The molecule has 1 heterocycles. The highest BCUT2D eigenvalue weighted by atomic mass is 32.1. The van der Waals surface area contributed by atoms with E-state index in [0.717, 1.165) is 40.7 Å². The van der Waals surface area contributed by atoms with Crippen molar-refractivity contribution >= 4 is 22.8 Å². The molecule has 1 aliphatic carbocycles. The lowest BCUT2D eigenvalue weighted by atomic mass is 10.2. The summed E-state index contributed by atoms with van der Waals surface area (Å²) < 4.78 is 0.